The summed E-state index contributed by atoms with van der Waals surface area (Å²) in [5.41, 5.74) is 21.1. The molecule has 0 unspecified atom stereocenters. The molecule has 10 nitrogen and oxygen atoms in total. The third kappa shape index (κ3) is 20.2. The molecule has 0 saturated heterocycles. The fraction of sp³-hybridized carbons (Fsp3) is 0.357. The summed E-state index contributed by atoms with van der Waals surface area (Å²) in [4.78, 5) is 31.8. The Hall–Kier alpha value is -8.70. The number of aliphatic hydroxyl groups is 2. The van der Waals surface area contributed by atoms with Crippen LogP contribution in [0.15, 0.2) is 194 Å². The van der Waals surface area contributed by atoms with Crippen LogP contribution in [0.4, 0.5) is 45.5 Å². The molecule has 4 aliphatic heterocycles. The highest BCUT2D eigenvalue weighted by Gasteiger charge is 2.23. The van der Waals surface area contributed by atoms with Crippen LogP contribution < -0.4 is 19.6 Å². The van der Waals surface area contributed by atoms with Crippen LogP contribution in [0.3, 0.4) is 0 Å². The SMILES string of the molecule is CC(=O)O[C@H](C)CCCCN1c2ccccc2C=Cc2ccccc21.CC(=O)O[C@H](C)CCCCN1c2ccccc2CCc2ccccc21.C[C@@H](O)CCCCN1c2ccccc2C=Cc2ccccc21.C[C@@H](O)CCCCN1c2ccccc2CCc2ccccc21. The van der Waals surface area contributed by atoms with Gasteiger partial charge in [-0.15, -0.1) is 0 Å². The summed E-state index contributed by atoms with van der Waals surface area (Å²) in [7, 11) is 0. The zero-order chi connectivity index (χ0) is 66.0. The highest BCUT2D eigenvalue weighted by atomic mass is 16.5. The number of aliphatic hydroxyl groups excluding tert-OH is 2. The maximum atomic E-state index is 11.0. The highest BCUT2D eigenvalue weighted by molar-refractivity contribution is 5.90. The number of carbonyl (C=O) groups is 2. The summed E-state index contributed by atoms with van der Waals surface area (Å²) in [6.45, 7) is 14.5. The van der Waals surface area contributed by atoms with Crippen molar-refractivity contribution >= 4 is 81.7 Å². The number of hydrogen-bond acceptors (Lipinski definition) is 10. The first-order valence-electron chi connectivity index (χ1n) is 34.7. The number of anilines is 8. The molecule has 0 amide bonds. The first kappa shape index (κ1) is 69.6. The highest BCUT2D eigenvalue weighted by Crippen LogP contribution is 2.40. The Kier molecular flexibility index (Phi) is 26.7. The molecule has 8 aromatic rings. The van der Waals surface area contributed by atoms with Gasteiger partial charge >= 0.3 is 11.9 Å². The van der Waals surface area contributed by atoms with Gasteiger partial charge in [0.05, 0.1) is 24.4 Å². The van der Waals surface area contributed by atoms with Crippen molar-refractivity contribution in [1.29, 1.82) is 0 Å². The van der Waals surface area contributed by atoms with Gasteiger partial charge in [-0.05, 0) is 223 Å². The minimum atomic E-state index is -0.203. The van der Waals surface area contributed by atoms with Crippen LogP contribution in [0.1, 0.15) is 163 Å². The van der Waals surface area contributed by atoms with Gasteiger partial charge in [-0.1, -0.05) is 170 Å². The normalized spacial score (nSPS) is 14.2. The lowest BCUT2D eigenvalue weighted by atomic mass is 10.0. The predicted octanol–water partition coefficient (Wildman–Crippen LogP) is 19.8. The summed E-state index contributed by atoms with van der Waals surface area (Å²) >= 11 is 0. The Labute approximate surface area is 561 Å². The third-order valence-corrected chi connectivity index (χ3v) is 18.0. The molecule has 492 valence electrons. The lowest BCUT2D eigenvalue weighted by Crippen LogP contribution is -2.20. The van der Waals surface area contributed by atoms with Crippen molar-refractivity contribution in [3.05, 3.63) is 239 Å². The van der Waals surface area contributed by atoms with Gasteiger partial charge in [0.25, 0.3) is 0 Å². The minimum Gasteiger partial charge on any atom is -0.463 e. The van der Waals surface area contributed by atoms with Crippen molar-refractivity contribution < 1.29 is 29.3 Å². The molecule has 2 N–H and O–H groups in total. The number of aryl methyl sites for hydroxylation is 4. The fourth-order valence-corrected chi connectivity index (χ4v) is 13.3. The maximum absolute atomic E-state index is 11.0. The summed E-state index contributed by atoms with van der Waals surface area (Å²) in [5, 5.41) is 18.9. The molecule has 0 saturated carbocycles. The Balaban J connectivity index is 0.000000148. The van der Waals surface area contributed by atoms with Gasteiger partial charge in [0, 0.05) is 85.5 Å². The molecular weight excluding hydrogens is 1160 g/mol. The molecule has 0 radical (unpaired) electrons. The number of ether oxygens (including phenoxy) is 2. The van der Waals surface area contributed by atoms with Crippen molar-refractivity contribution in [2.45, 2.75) is 169 Å². The van der Waals surface area contributed by atoms with Gasteiger partial charge in [0.2, 0.25) is 0 Å². The molecular formula is C84H100N4O6. The standard InChI is InChI=1S/C22H27NO2.C22H25NO2.C20H25NO.C20H23NO/c2*1-17(25-18(2)24)9-7-8-16-23-21-12-5-3-10-19(21)14-15-20-11-4-6-13-22(20)23;2*1-16(22)8-6-7-15-21-19-11-4-2-9-17(19)13-14-18-10-3-5-12-20(18)21/h3-6,10-13,17H,7-9,14-16H2,1-2H3;3-6,10-15,17H,7-9,16H2,1-2H3;2-5,9-12,16,22H,6-8,13-15H2,1H3;2-5,9-14,16,22H,6-8,15H2,1H3/t2*17-;2*16-/m1111/s1. The number of rotatable bonds is 22. The van der Waals surface area contributed by atoms with E-state index in [2.05, 4.69) is 238 Å². The van der Waals surface area contributed by atoms with E-state index in [0.29, 0.717) is 0 Å². The summed E-state index contributed by atoms with van der Waals surface area (Å²) in [5.74, 6) is -0.392. The molecule has 8 aromatic carbocycles. The number of nitrogens with zero attached hydrogens (tertiary/aromatic N) is 4. The van der Waals surface area contributed by atoms with E-state index in [-0.39, 0.29) is 36.4 Å². The molecule has 0 fully saturated rings. The molecule has 0 bridgehead atoms. The molecule has 94 heavy (non-hydrogen) atoms. The van der Waals surface area contributed by atoms with Crippen LogP contribution in [0.2, 0.25) is 0 Å². The summed E-state index contributed by atoms with van der Waals surface area (Å²) in [6.07, 6.45) is 24.8. The number of para-hydroxylation sites is 8. The van der Waals surface area contributed by atoms with Crippen LogP contribution >= 0.6 is 0 Å². The lowest BCUT2D eigenvalue weighted by molar-refractivity contribution is -0.146. The average Bonchev–Trinajstić information content (AvgIpc) is 1.65. The molecule has 12 rings (SSSR count). The number of benzene rings is 8. The second-order valence-electron chi connectivity index (χ2n) is 25.5. The minimum absolute atomic E-state index is 0.00112. The zero-order valence-corrected chi connectivity index (χ0v) is 56.6. The monoisotopic (exact) mass is 1260 g/mol. The van der Waals surface area contributed by atoms with Gasteiger partial charge in [-0.25, -0.2) is 0 Å². The van der Waals surface area contributed by atoms with Gasteiger partial charge in [-0.3, -0.25) is 9.59 Å². The summed E-state index contributed by atoms with van der Waals surface area (Å²) < 4.78 is 10.4. The topological polar surface area (TPSA) is 106 Å². The van der Waals surface area contributed by atoms with E-state index >= 15 is 0 Å². The van der Waals surface area contributed by atoms with Crippen molar-refractivity contribution in [1.82, 2.24) is 0 Å². The lowest BCUT2D eigenvalue weighted by Gasteiger charge is -2.27. The van der Waals surface area contributed by atoms with Crippen molar-refractivity contribution in [3.63, 3.8) is 0 Å². The van der Waals surface area contributed by atoms with E-state index in [9.17, 15) is 19.8 Å². The second kappa shape index (κ2) is 36.1. The third-order valence-electron chi connectivity index (χ3n) is 18.0. The molecule has 4 aliphatic rings. The maximum Gasteiger partial charge on any atom is 0.302 e. The van der Waals surface area contributed by atoms with E-state index in [1.807, 2.05) is 27.7 Å². The molecule has 0 aliphatic carbocycles. The summed E-state index contributed by atoms with van der Waals surface area (Å²) in [6, 6.07) is 69.2. The molecule has 0 spiro atoms. The first-order chi connectivity index (χ1) is 45.8. The Morgan fingerprint density at radius 3 is 0.777 bits per heavy atom. The van der Waals surface area contributed by atoms with E-state index in [1.54, 1.807) is 0 Å². The first-order valence-corrected chi connectivity index (χ1v) is 34.7. The molecule has 10 heteroatoms. The van der Waals surface area contributed by atoms with Crippen molar-refractivity contribution in [2.75, 3.05) is 45.8 Å². The van der Waals surface area contributed by atoms with Gasteiger partial charge in [0.15, 0.2) is 0 Å². The molecule has 0 aromatic heterocycles. The molecule has 4 heterocycles. The Morgan fingerprint density at radius 2 is 0.532 bits per heavy atom. The number of hydrogen-bond donors (Lipinski definition) is 2. The number of fused-ring (bicyclic) bond motifs is 8. The van der Waals surface area contributed by atoms with Crippen molar-refractivity contribution in [2.24, 2.45) is 0 Å². The van der Waals surface area contributed by atoms with E-state index in [4.69, 9.17) is 9.47 Å². The number of carbonyl (C=O) groups excluding carboxylic acids is 2. The van der Waals surface area contributed by atoms with E-state index in [0.717, 1.165) is 129 Å². The largest absolute Gasteiger partial charge is 0.463 e. The number of unbranched alkanes of at least 4 members (excludes halogenated alkanes) is 4. The van der Waals surface area contributed by atoms with Crippen LogP contribution in [-0.4, -0.2) is 72.7 Å². The number of esters is 2. The van der Waals surface area contributed by atoms with Crippen LogP contribution in [0.25, 0.3) is 24.3 Å². The fourth-order valence-electron chi connectivity index (χ4n) is 13.3. The van der Waals surface area contributed by atoms with Crippen molar-refractivity contribution in [3.8, 4) is 0 Å². The van der Waals surface area contributed by atoms with Crippen LogP contribution in [-0.2, 0) is 44.7 Å². The van der Waals surface area contributed by atoms with Gasteiger partial charge in [0.1, 0.15) is 0 Å². The Bertz CT molecular complexity index is 3500. The molecule has 4 atom stereocenters. The quantitative estimate of drug-likeness (QED) is 0.0503. The van der Waals surface area contributed by atoms with E-state index in [1.165, 1.54) is 104 Å². The van der Waals surface area contributed by atoms with Crippen LogP contribution in [0.5, 0.6) is 0 Å². The van der Waals surface area contributed by atoms with Gasteiger partial charge < -0.3 is 39.3 Å². The zero-order valence-electron chi connectivity index (χ0n) is 56.6. The predicted molar refractivity (Wildman–Crippen MR) is 393 cm³/mol. The Morgan fingerprint density at radius 1 is 0.319 bits per heavy atom. The van der Waals surface area contributed by atoms with E-state index < -0.39 is 0 Å². The van der Waals surface area contributed by atoms with Crippen LogP contribution in [0, 0.1) is 0 Å². The second-order valence-corrected chi connectivity index (χ2v) is 25.5. The smallest absolute Gasteiger partial charge is 0.302 e. The van der Waals surface area contributed by atoms with Gasteiger partial charge in [-0.2, -0.15) is 0 Å². The average molecular weight is 1260 g/mol.